The Kier molecular flexibility index (Phi) is 4.91. The number of rotatable bonds is 4. The lowest BCUT2D eigenvalue weighted by Gasteiger charge is -2.29. The molecule has 3 rings (SSSR count). The first kappa shape index (κ1) is 15.0. The highest BCUT2D eigenvalue weighted by molar-refractivity contribution is 5.23. The van der Waals surface area contributed by atoms with Gasteiger partial charge in [-0.1, -0.05) is 25.0 Å². The Morgan fingerprint density at radius 3 is 2.57 bits per heavy atom. The van der Waals surface area contributed by atoms with Gasteiger partial charge < -0.3 is 10.4 Å². The molecular formula is C18H26FNO. The van der Waals surface area contributed by atoms with E-state index in [1.54, 1.807) is 12.1 Å². The Morgan fingerprint density at radius 2 is 1.81 bits per heavy atom. The van der Waals surface area contributed by atoms with E-state index < -0.39 is 0 Å². The molecule has 0 spiro atoms. The fourth-order valence-electron chi connectivity index (χ4n) is 4.08. The Labute approximate surface area is 126 Å². The van der Waals surface area contributed by atoms with Crippen molar-refractivity contribution in [3.8, 4) is 0 Å². The zero-order valence-electron chi connectivity index (χ0n) is 12.6. The third kappa shape index (κ3) is 3.83. The molecule has 0 aliphatic heterocycles. The van der Waals surface area contributed by atoms with Crippen LogP contribution in [0, 0.1) is 11.7 Å². The summed E-state index contributed by atoms with van der Waals surface area (Å²) < 4.78 is 13.1. The molecule has 2 N–H and O–H groups in total. The van der Waals surface area contributed by atoms with Crippen LogP contribution in [0.5, 0.6) is 0 Å². The van der Waals surface area contributed by atoms with Gasteiger partial charge in [0.1, 0.15) is 5.82 Å². The van der Waals surface area contributed by atoms with Crippen molar-refractivity contribution in [3.63, 3.8) is 0 Å². The molecule has 2 fully saturated rings. The summed E-state index contributed by atoms with van der Waals surface area (Å²) in [6, 6.07) is 7.52. The van der Waals surface area contributed by atoms with Gasteiger partial charge in [0.25, 0.3) is 0 Å². The van der Waals surface area contributed by atoms with Gasteiger partial charge in [0.2, 0.25) is 0 Å². The Bertz CT molecular complexity index is 447. The predicted octanol–water partition coefficient (Wildman–Crippen LogP) is 3.60. The Balaban J connectivity index is 1.55. The minimum absolute atomic E-state index is 0.0953. The minimum atomic E-state index is -0.155. The minimum Gasteiger partial charge on any atom is -0.393 e. The SMILES string of the molecule is OC1CCCC(CNC2CCCC2c2ccc(F)cc2)C1. The fraction of sp³-hybridized carbons (Fsp3) is 0.667. The molecule has 21 heavy (non-hydrogen) atoms. The largest absolute Gasteiger partial charge is 0.393 e. The second-order valence-electron chi connectivity index (χ2n) is 6.79. The Morgan fingerprint density at radius 1 is 1.05 bits per heavy atom. The van der Waals surface area contributed by atoms with Crippen LogP contribution in [0.3, 0.4) is 0 Å². The molecule has 0 heterocycles. The van der Waals surface area contributed by atoms with E-state index in [9.17, 15) is 9.50 Å². The Hall–Kier alpha value is -0.930. The molecule has 116 valence electrons. The monoisotopic (exact) mass is 291 g/mol. The number of aliphatic hydroxyl groups excluding tert-OH is 1. The summed E-state index contributed by atoms with van der Waals surface area (Å²) in [5.41, 5.74) is 1.26. The van der Waals surface area contributed by atoms with E-state index in [0.29, 0.717) is 17.9 Å². The number of benzene rings is 1. The molecule has 2 aliphatic carbocycles. The predicted molar refractivity (Wildman–Crippen MR) is 82.7 cm³/mol. The van der Waals surface area contributed by atoms with Crippen LogP contribution in [0.1, 0.15) is 56.4 Å². The van der Waals surface area contributed by atoms with Crippen molar-refractivity contribution in [1.29, 1.82) is 0 Å². The average Bonchev–Trinajstić information content (AvgIpc) is 2.94. The number of aliphatic hydroxyl groups is 1. The van der Waals surface area contributed by atoms with Gasteiger partial charge in [0, 0.05) is 6.04 Å². The zero-order valence-corrected chi connectivity index (χ0v) is 12.6. The van der Waals surface area contributed by atoms with E-state index in [1.807, 2.05) is 12.1 Å². The highest BCUT2D eigenvalue weighted by Gasteiger charge is 2.29. The molecule has 1 aromatic rings. The summed E-state index contributed by atoms with van der Waals surface area (Å²) in [6.07, 6.45) is 7.85. The third-order valence-corrected chi connectivity index (χ3v) is 5.24. The van der Waals surface area contributed by atoms with Gasteiger partial charge in [-0.05, 0) is 68.2 Å². The standard InChI is InChI=1S/C18H26FNO/c19-15-9-7-14(8-10-15)17-5-2-6-18(17)20-12-13-3-1-4-16(21)11-13/h7-10,13,16-18,20-21H,1-6,11-12H2. The number of nitrogens with one attached hydrogen (secondary N) is 1. The molecule has 0 aromatic heterocycles. The highest BCUT2D eigenvalue weighted by Crippen LogP contribution is 2.35. The van der Waals surface area contributed by atoms with E-state index >= 15 is 0 Å². The maximum atomic E-state index is 13.1. The zero-order chi connectivity index (χ0) is 14.7. The summed E-state index contributed by atoms with van der Waals surface area (Å²) in [6.45, 7) is 1.01. The van der Waals surface area contributed by atoms with E-state index in [2.05, 4.69) is 5.32 Å². The maximum absolute atomic E-state index is 13.1. The van der Waals surface area contributed by atoms with Crippen LogP contribution in [-0.2, 0) is 0 Å². The molecule has 1 aromatic carbocycles. The first-order chi connectivity index (χ1) is 10.2. The van der Waals surface area contributed by atoms with Gasteiger partial charge in [-0.3, -0.25) is 0 Å². The van der Waals surface area contributed by atoms with Gasteiger partial charge in [-0.2, -0.15) is 0 Å². The van der Waals surface area contributed by atoms with Crippen molar-refractivity contribution in [1.82, 2.24) is 5.32 Å². The van der Waals surface area contributed by atoms with E-state index in [4.69, 9.17) is 0 Å². The first-order valence-electron chi connectivity index (χ1n) is 8.39. The van der Waals surface area contributed by atoms with Crippen molar-refractivity contribution in [2.24, 2.45) is 5.92 Å². The van der Waals surface area contributed by atoms with Gasteiger partial charge in [-0.25, -0.2) is 4.39 Å². The molecular weight excluding hydrogens is 265 g/mol. The number of halogens is 1. The molecule has 2 saturated carbocycles. The van der Waals surface area contributed by atoms with Crippen molar-refractivity contribution in [3.05, 3.63) is 35.6 Å². The second-order valence-corrected chi connectivity index (χ2v) is 6.79. The third-order valence-electron chi connectivity index (χ3n) is 5.24. The summed E-state index contributed by atoms with van der Waals surface area (Å²) >= 11 is 0. The fourth-order valence-corrected chi connectivity index (χ4v) is 4.08. The molecule has 2 aliphatic rings. The molecule has 0 saturated heterocycles. The second kappa shape index (κ2) is 6.89. The molecule has 0 radical (unpaired) electrons. The van der Waals surface area contributed by atoms with Crippen LogP contribution < -0.4 is 5.32 Å². The highest BCUT2D eigenvalue weighted by atomic mass is 19.1. The molecule has 3 heteroatoms. The molecule has 0 amide bonds. The van der Waals surface area contributed by atoms with E-state index in [1.165, 1.54) is 31.2 Å². The van der Waals surface area contributed by atoms with E-state index in [0.717, 1.165) is 25.8 Å². The molecule has 4 atom stereocenters. The van der Waals surface area contributed by atoms with Gasteiger partial charge in [0.05, 0.1) is 6.10 Å². The molecule has 0 bridgehead atoms. The van der Waals surface area contributed by atoms with Crippen molar-refractivity contribution >= 4 is 0 Å². The molecule has 4 unspecified atom stereocenters. The van der Waals surface area contributed by atoms with Crippen LogP contribution in [-0.4, -0.2) is 23.8 Å². The van der Waals surface area contributed by atoms with Crippen molar-refractivity contribution in [2.45, 2.75) is 63.0 Å². The van der Waals surface area contributed by atoms with Gasteiger partial charge in [-0.15, -0.1) is 0 Å². The topological polar surface area (TPSA) is 32.3 Å². The number of hydrogen-bond donors (Lipinski definition) is 2. The lowest BCUT2D eigenvalue weighted by Crippen LogP contribution is -2.37. The van der Waals surface area contributed by atoms with Gasteiger partial charge >= 0.3 is 0 Å². The van der Waals surface area contributed by atoms with Crippen molar-refractivity contribution in [2.75, 3.05) is 6.54 Å². The average molecular weight is 291 g/mol. The number of hydrogen-bond acceptors (Lipinski definition) is 2. The summed E-state index contributed by atoms with van der Waals surface area (Å²) in [7, 11) is 0. The van der Waals surface area contributed by atoms with Crippen LogP contribution >= 0.6 is 0 Å². The smallest absolute Gasteiger partial charge is 0.123 e. The normalized spacial score (nSPS) is 33.2. The summed E-state index contributed by atoms with van der Waals surface area (Å²) in [5.74, 6) is 0.972. The lowest BCUT2D eigenvalue weighted by molar-refractivity contribution is 0.0994. The maximum Gasteiger partial charge on any atom is 0.123 e. The quantitative estimate of drug-likeness (QED) is 0.888. The molecule has 2 nitrogen and oxygen atoms in total. The van der Waals surface area contributed by atoms with Gasteiger partial charge in [0.15, 0.2) is 0 Å². The van der Waals surface area contributed by atoms with Crippen LogP contribution in [0.15, 0.2) is 24.3 Å². The van der Waals surface area contributed by atoms with Crippen molar-refractivity contribution < 1.29 is 9.50 Å². The van der Waals surface area contributed by atoms with Crippen LogP contribution in [0.2, 0.25) is 0 Å². The first-order valence-corrected chi connectivity index (χ1v) is 8.39. The van der Waals surface area contributed by atoms with Crippen LogP contribution in [0.25, 0.3) is 0 Å². The summed E-state index contributed by atoms with van der Waals surface area (Å²) in [5, 5.41) is 13.5. The van der Waals surface area contributed by atoms with Crippen LogP contribution in [0.4, 0.5) is 4.39 Å². The van der Waals surface area contributed by atoms with E-state index in [-0.39, 0.29) is 11.9 Å². The lowest BCUT2D eigenvalue weighted by atomic mass is 9.86. The summed E-state index contributed by atoms with van der Waals surface area (Å²) in [4.78, 5) is 0.